The zero-order chi connectivity index (χ0) is 26.0. The van der Waals surface area contributed by atoms with E-state index in [4.69, 9.17) is 0 Å². The zero-order valence-electron chi connectivity index (χ0n) is 21.9. The van der Waals surface area contributed by atoms with E-state index in [0.29, 0.717) is 6.71 Å². The molecule has 188 valence electrons. The molecular weight excluding hydrogens is 475 g/mol. The number of benzene rings is 4. The molecule has 1 saturated carbocycles. The fourth-order valence-electron chi connectivity index (χ4n) is 5.59. The molecule has 0 amide bonds. The second-order valence-electron chi connectivity index (χ2n) is 10.2. The van der Waals surface area contributed by atoms with Crippen LogP contribution in [0.2, 0.25) is 11.9 Å². The van der Waals surface area contributed by atoms with Crippen LogP contribution < -0.4 is 21.3 Å². The van der Waals surface area contributed by atoms with E-state index in [2.05, 4.69) is 150 Å². The van der Waals surface area contributed by atoms with Crippen molar-refractivity contribution in [1.82, 2.24) is 9.55 Å². The topological polar surface area (TPSA) is 17.8 Å². The minimum absolute atomic E-state index is 0.613. The molecule has 1 heterocycles. The third-order valence-electron chi connectivity index (χ3n) is 7.57. The minimum atomic E-state index is -1.95. The summed E-state index contributed by atoms with van der Waals surface area (Å²) in [5, 5.41) is 2.88. The van der Waals surface area contributed by atoms with Gasteiger partial charge in [0.25, 0.3) is 0 Å². The molecule has 6 rings (SSSR count). The van der Waals surface area contributed by atoms with Gasteiger partial charge >= 0.3 is 0 Å². The maximum Gasteiger partial charge on any atom is 0.212 e. The van der Waals surface area contributed by atoms with Crippen molar-refractivity contribution < 1.29 is 0 Å². The van der Waals surface area contributed by atoms with Crippen molar-refractivity contribution in [2.75, 3.05) is 0 Å². The highest BCUT2D eigenvalue weighted by molar-refractivity contribution is 7.01. The normalized spacial score (nSPS) is 12.7. The predicted molar refractivity (Wildman–Crippen MR) is 166 cm³/mol. The van der Waals surface area contributed by atoms with Gasteiger partial charge in [-0.1, -0.05) is 167 Å². The highest BCUT2D eigenvalue weighted by Gasteiger charge is 2.37. The number of hydrogen-bond acceptors (Lipinski definition) is 1. The smallest absolute Gasteiger partial charge is 0.212 e. The fourth-order valence-corrected chi connectivity index (χ4v) is 9.85. The molecule has 0 saturated heterocycles. The molecule has 1 aliphatic rings. The summed E-state index contributed by atoms with van der Waals surface area (Å²) in [5.41, 5.74) is 2.94. The van der Waals surface area contributed by atoms with Crippen LogP contribution in [0.3, 0.4) is 0 Å². The van der Waals surface area contributed by atoms with Crippen molar-refractivity contribution in [3.05, 3.63) is 153 Å². The van der Waals surface area contributed by atoms with Gasteiger partial charge in [0.1, 0.15) is 8.07 Å². The molecule has 0 bridgehead atoms. The number of allylic oxidation sites excluding steroid dienone is 1. The summed E-state index contributed by atoms with van der Waals surface area (Å²) in [6.45, 7) is 4.65. The molecular formula is C34H35BN2Si. The molecule has 1 aliphatic carbocycles. The van der Waals surface area contributed by atoms with E-state index in [-0.39, 0.29) is 0 Å². The van der Waals surface area contributed by atoms with E-state index >= 15 is 0 Å². The summed E-state index contributed by atoms with van der Waals surface area (Å²) >= 11 is 0. The maximum absolute atomic E-state index is 4.21. The van der Waals surface area contributed by atoms with Gasteiger partial charge in [-0.05, 0) is 6.04 Å². The van der Waals surface area contributed by atoms with E-state index < -0.39 is 8.07 Å². The maximum atomic E-state index is 4.21. The van der Waals surface area contributed by atoms with Gasteiger partial charge in [-0.3, -0.25) is 0 Å². The van der Waals surface area contributed by atoms with E-state index in [9.17, 15) is 0 Å². The van der Waals surface area contributed by atoms with Crippen LogP contribution >= 0.6 is 0 Å². The van der Waals surface area contributed by atoms with Crippen LogP contribution in [0, 0.1) is 0 Å². The quantitative estimate of drug-likeness (QED) is 0.194. The van der Waals surface area contributed by atoms with Crippen LogP contribution in [0.25, 0.3) is 0 Å². The molecule has 0 aliphatic heterocycles. The summed E-state index contributed by atoms with van der Waals surface area (Å²) in [6.07, 6.45) is 11.6. The molecule has 0 atom stereocenters. The Morgan fingerprint density at radius 2 is 1.21 bits per heavy atom. The highest BCUT2D eigenvalue weighted by atomic mass is 28.3. The van der Waals surface area contributed by atoms with Gasteiger partial charge in [-0.2, -0.15) is 0 Å². The average molecular weight is 511 g/mol. The van der Waals surface area contributed by atoms with Crippen molar-refractivity contribution in [2.24, 2.45) is 0 Å². The third-order valence-corrected chi connectivity index (χ3v) is 12.3. The Morgan fingerprint density at radius 3 is 1.61 bits per heavy atom. The first-order valence-corrected chi connectivity index (χ1v) is 16.0. The minimum Gasteiger partial charge on any atom is -0.340 e. The Labute approximate surface area is 228 Å². The zero-order valence-corrected chi connectivity index (χ0v) is 22.9. The monoisotopic (exact) mass is 510 g/mol. The van der Waals surface area contributed by atoms with Gasteiger partial charge in [0.15, 0.2) is 0 Å². The third kappa shape index (κ3) is 6.15. The molecule has 0 spiro atoms. The lowest BCUT2D eigenvalue weighted by molar-refractivity contribution is 0.855. The summed E-state index contributed by atoms with van der Waals surface area (Å²) in [7, 11) is -1.95. The van der Waals surface area contributed by atoms with E-state index in [1.165, 1.54) is 34.1 Å². The van der Waals surface area contributed by atoms with Gasteiger partial charge in [-0.15, -0.1) is 6.58 Å². The van der Waals surface area contributed by atoms with Crippen LogP contribution in [-0.2, 0) is 6.17 Å². The molecule has 0 N–H and O–H groups in total. The van der Waals surface area contributed by atoms with Crippen LogP contribution in [0.5, 0.6) is 0 Å². The molecule has 4 heteroatoms. The Hall–Kier alpha value is -3.89. The molecule has 38 heavy (non-hydrogen) atoms. The van der Waals surface area contributed by atoms with Gasteiger partial charge in [0.05, 0.1) is 6.33 Å². The van der Waals surface area contributed by atoms with Gasteiger partial charge in [0, 0.05) is 18.6 Å². The first-order chi connectivity index (χ1) is 18.8. The number of hydrogen-bond donors (Lipinski definition) is 0. The van der Waals surface area contributed by atoms with Crippen molar-refractivity contribution in [3.63, 3.8) is 0 Å². The lowest BCUT2D eigenvalue weighted by Gasteiger charge is -2.32. The molecule has 0 unspecified atom stereocenters. The molecule has 2 nitrogen and oxygen atoms in total. The Kier molecular flexibility index (Phi) is 8.52. The Bertz CT molecular complexity index is 1290. The molecule has 1 fully saturated rings. The average Bonchev–Trinajstić information content (AvgIpc) is 3.69. The number of nitrogens with zero attached hydrogens (tertiary/aromatic N) is 2. The van der Waals surface area contributed by atoms with E-state index in [1.807, 2.05) is 12.5 Å². The predicted octanol–water partition coefficient (Wildman–Crippen LogP) is 5.33. The first-order valence-electron chi connectivity index (χ1n) is 13.6. The Balaban J connectivity index is 0.000000162. The molecule has 4 aromatic carbocycles. The van der Waals surface area contributed by atoms with Gasteiger partial charge < -0.3 is 4.57 Å². The standard InChI is InChI=1S/C19H20N2Si.C15H15B/c1-2-15-22(17-21-14-13-20-16-21,18-9-5-3-6-10-18)19-11-7-4-8-12-19;1-3-7-13(8-4-1)16(15-11-12-15)14-9-5-2-6-10-14/h2-14,16H,1,15,17H2;1-10,15H,11-12H2. The highest BCUT2D eigenvalue weighted by Crippen LogP contribution is 2.38. The largest absolute Gasteiger partial charge is 0.340 e. The molecule has 0 radical (unpaired) electrons. The number of aromatic nitrogens is 2. The van der Waals surface area contributed by atoms with Crippen molar-refractivity contribution >= 4 is 36.1 Å². The first kappa shape index (κ1) is 25.7. The van der Waals surface area contributed by atoms with E-state index in [1.54, 1.807) is 0 Å². The van der Waals surface area contributed by atoms with Gasteiger partial charge in [0.2, 0.25) is 6.71 Å². The second-order valence-corrected chi connectivity index (χ2v) is 14.2. The Morgan fingerprint density at radius 1 is 0.737 bits per heavy atom. The van der Waals surface area contributed by atoms with Crippen molar-refractivity contribution in [3.8, 4) is 0 Å². The molecule has 1 aromatic heterocycles. The summed E-state index contributed by atoms with van der Waals surface area (Å²) in [5.74, 6) is 0.866. The van der Waals surface area contributed by atoms with Gasteiger partial charge in [-0.25, -0.2) is 4.98 Å². The lowest BCUT2D eigenvalue weighted by Crippen LogP contribution is -2.61. The van der Waals surface area contributed by atoms with Crippen LogP contribution in [0.4, 0.5) is 0 Å². The van der Waals surface area contributed by atoms with Crippen LogP contribution in [0.15, 0.2) is 153 Å². The number of rotatable bonds is 9. The van der Waals surface area contributed by atoms with Crippen LogP contribution in [-0.4, -0.2) is 24.3 Å². The SMILES string of the molecule is C=CC[Si](Cn1ccnc1)(c1ccccc1)c1ccccc1.c1ccc(B(c2ccccc2)C2CC2)cc1. The number of imidazole rings is 1. The van der Waals surface area contributed by atoms with Crippen LogP contribution in [0.1, 0.15) is 12.8 Å². The molecule has 5 aromatic rings. The van der Waals surface area contributed by atoms with Crippen molar-refractivity contribution in [1.29, 1.82) is 0 Å². The van der Waals surface area contributed by atoms with Crippen molar-refractivity contribution in [2.45, 2.75) is 30.9 Å². The lowest BCUT2D eigenvalue weighted by atomic mass is 9.37. The second kappa shape index (κ2) is 12.6. The summed E-state index contributed by atoms with van der Waals surface area (Å²) in [4.78, 5) is 4.21. The summed E-state index contributed by atoms with van der Waals surface area (Å²) in [6, 6.07) is 44.6. The van der Waals surface area contributed by atoms with E-state index in [0.717, 1.165) is 18.0 Å². The fraction of sp³-hybridized carbons (Fsp3) is 0.147. The summed E-state index contributed by atoms with van der Waals surface area (Å²) < 4.78 is 2.20.